The van der Waals surface area contributed by atoms with Crippen LogP contribution in [0.25, 0.3) is 11.8 Å². The van der Waals surface area contributed by atoms with Gasteiger partial charge in [0.1, 0.15) is 6.07 Å². The largest absolute Gasteiger partial charge is 0.493 e. The average molecular weight is 677 g/mol. The second kappa shape index (κ2) is 13.5. The molecule has 8 nitrogen and oxygen atoms in total. The van der Waals surface area contributed by atoms with Gasteiger partial charge in [0.2, 0.25) is 0 Å². The minimum atomic E-state index is -0.758. The van der Waals surface area contributed by atoms with Crippen LogP contribution in [-0.4, -0.2) is 37.1 Å². The highest BCUT2D eigenvalue weighted by molar-refractivity contribution is 9.10. The maximum atomic E-state index is 14.1. The van der Waals surface area contributed by atoms with E-state index in [2.05, 4.69) is 15.9 Å². The molecule has 43 heavy (non-hydrogen) atoms. The van der Waals surface area contributed by atoms with Crippen LogP contribution in [0, 0.1) is 11.3 Å². The lowest BCUT2D eigenvalue weighted by Gasteiger charge is -2.26. The number of carbonyl (C=O) groups is 1. The molecule has 0 unspecified atom stereocenters. The van der Waals surface area contributed by atoms with Gasteiger partial charge < -0.3 is 14.2 Å². The van der Waals surface area contributed by atoms with Gasteiger partial charge in [-0.25, -0.2) is 9.79 Å². The van der Waals surface area contributed by atoms with Crippen LogP contribution in [0.3, 0.4) is 0 Å². The fourth-order valence-electron chi connectivity index (χ4n) is 4.76. The molecule has 2 heterocycles. The number of methoxy groups -OCH3 is 1. The number of rotatable bonds is 9. The molecule has 11 heteroatoms. The van der Waals surface area contributed by atoms with Gasteiger partial charge in [-0.2, -0.15) is 5.26 Å². The molecule has 3 aromatic carbocycles. The summed E-state index contributed by atoms with van der Waals surface area (Å²) in [6, 6.07) is 22.0. The van der Waals surface area contributed by atoms with Crippen molar-refractivity contribution in [3.05, 3.63) is 113 Å². The number of halogens is 1. The zero-order chi connectivity index (χ0) is 30.5. The summed E-state index contributed by atoms with van der Waals surface area (Å²) in [6.07, 6.45) is 3.74. The molecule has 0 radical (unpaired) electrons. The standard InChI is InChI=1S/C32H26BrN3O5S2/c1-4-40-31(38)26-27(20-8-6-5-7-9-20)35-32-36(28(26)21-10-12-22(42-3)13-11-21)30(37)25(43-32)18-19-16-23(33)29(41-15-14-34)24(17-19)39-2/h5-13,16-18,28H,4,15H2,1-3H3/b25-18-/t28-/m0/s1. The first kappa shape index (κ1) is 30.4. The van der Waals surface area contributed by atoms with E-state index in [1.165, 1.54) is 18.4 Å². The Hall–Kier alpha value is -4.11. The van der Waals surface area contributed by atoms with Gasteiger partial charge in [0.25, 0.3) is 5.56 Å². The molecule has 5 rings (SSSR count). The number of thiazole rings is 1. The van der Waals surface area contributed by atoms with Crippen LogP contribution in [0.2, 0.25) is 0 Å². The maximum Gasteiger partial charge on any atom is 0.338 e. The number of hydrogen-bond donors (Lipinski definition) is 0. The van der Waals surface area contributed by atoms with Crippen molar-refractivity contribution in [1.82, 2.24) is 4.57 Å². The topological polar surface area (TPSA) is 103 Å². The Morgan fingerprint density at radius 1 is 1.19 bits per heavy atom. The normalized spacial score (nSPS) is 14.5. The van der Waals surface area contributed by atoms with E-state index in [9.17, 15) is 9.59 Å². The number of ether oxygens (including phenoxy) is 3. The number of aromatic nitrogens is 1. The number of carbonyl (C=O) groups excluding carboxylic acids is 1. The van der Waals surface area contributed by atoms with Crippen molar-refractivity contribution in [3.8, 4) is 17.6 Å². The number of thioether (sulfide) groups is 1. The van der Waals surface area contributed by atoms with Crippen LogP contribution in [-0.2, 0) is 9.53 Å². The molecule has 0 spiro atoms. The van der Waals surface area contributed by atoms with Crippen molar-refractivity contribution in [3.63, 3.8) is 0 Å². The summed E-state index contributed by atoms with van der Waals surface area (Å²) in [7, 11) is 1.50. The van der Waals surface area contributed by atoms with Crippen molar-refractivity contribution in [2.24, 2.45) is 4.99 Å². The molecular formula is C32H26BrN3O5S2. The van der Waals surface area contributed by atoms with E-state index in [1.807, 2.05) is 66.9 Å². The third-order valence-electron chi connectivity index (χ3n) is 6.64. The molecule has 218 valence electrons. The fourth-order valence-corrected chi connectivity index (χ4v) is 6.74. The van der Waals surface area contributed by atoms with Gasteiger partial charge >= 0.3 is 5.97 Å². The second-order valence-electron chi connectivity index (χ2n) is 9.19. The minimum absolute atomic E-state index is 0.141. The summed E-state index contributed by atoms with van der Waals surface area (Å²) in [5, 5.41) is 8.93. The molecule has 1 aliphatic heterocycles. The number of nitrogens with zero attached hydrogens (tertiary/aromatic N) is 3. The molecule has 1 atom stereocenters. The van der Waals surface area contributed by atoms with Crippen molar-refractivity contribution in [2.75, 3.05) is 26.6 Å². The lowest BCUT2D eigenvalue weighted by Crippen LogP contribution is -2.40. The summed E-state index contributed by atoms with van der Waals surface area (Å²) in [4.78, 5) is 34.2. The molecule has 4 aromatic rings. The monoisotopic (exact) mass is 675 g/mol. The third-order valence-corrected chi connectivity index (χ3v) is 8.95. The molecular weight excluding hydrogens is 650 g/mol. The fraction of sp³-hybridized carbons (Fsp3) is 0.188. The summed E-state index contributed by atoms with van der Waals surface area (Å²) in [5.41, 5.74) is 2.65. The Labute approximate surface area is 264 Å². The molecule has 0 amide bonds. The highest BCUT2D eigenvalue weighted by Crippen LogP contribution is 2.38. The Morgan fingerprint density at radius 2 is 1.93 bits per heavy atom. The molecule has 0 fully saturated rings. The van der Waals surface area contributed by atoms with Gasteiger partial charge in [0, 0.05) is 10.5 Å². The zero-order valence-electron chi connectivity index (χ0n) is 23.5. The molecule has 0 saturated heterocycles. The predicted octanol–water partition coefficient (Wildman–Crippen LogP) is 5.33. The Bertz CT molecular complexity index is 1930. The first-order valence-electron chi connectivity index (χ1n) is 13.2. The van der Waals surface area contributed by atoms with Gasteiger partial charge in [0.05, 0.1) is 40.0 Å². The minimum Gasteiger partial charge on any atom is -0.493 e. The van der Waals surface area contributed by atoms with Crippen LogP contribution >= 0.6 is 39.0 Å². The highest BCUT2D eigenvalue weighted by Gasteiger charge is 2.35. The van der Waals surface area contributed by atoms with Crippen LogP contribution in [0.4, 0.5) is 0 Å². The number of hydrogen-bond acceptors (Lipinski definition) is 9. The molecule has 0 bridgehead atoms. The number of nitriles is 1. The SMILES string of the molecule is CCOC(=O)C1=C(c2ccccc2)N=c2s/c(=C\c3cc(Br)c(OCC#N)c(OC)c3)c(=O)n2[C@H]1c1ccc(SC)cc1. The van der Waals surface area contributed by atoms with Crippen LogP contribution in [0.1, 0.15) is 29.7 Å². The van der Waals surface area contributed by atoms with Crippen molar-refractivity contribution in [1.29, 1.82) is 5.26 Å². The van der Waals surface area contributed by atoms with E-state index in [0.717, 1.165) is 16.0 Å². The lowest BCUT2D eigenvalue weighted by molar-refractivity contribution is -0.138. The van der Waals surface area contributed by atoms with E-state index in [-0.39, 0.29) is 18.8 Å². The maximum absolute atomic E-state index is 14.1. The predicted molar refractivity (Wildman–Crippen MR) is 171 cm³/mol. The van der Waals surface area contributed by atoms with Gasteiger partial charge in [-0.1, -0.05) is 53.8 Å². The number of esters is 1. The highest BCUT2D eigenvalue weighted by atomic mass is 79.9. The van der Waals surface area contributed by atoms with Crippen molar-refractivity contribution in [2.45, 2.75) is 17.9 Å². The van der Waals surface area contributed by atoms with E-state index in [4.69, 9.17) is 24.5 Å². The average Bonchev–Trinajstić information content (AvgIpc) is 3.34. The van der Waals surface area contributed by atoms with Gasteiger partial charge in [-0.3, -0.25) is 9.36 Å². The van der Waals surface area contributed by atoms with E-state index < -0.39 is 12.0 Å². The zero-order valence-corrected chi connectivity index (χ0v) is 26.7. The summed E-state index contributed by atoms with van der Waals surface area (Å²) in [5.74, 6) is 0.272. The van der Waals surface area contributed by atoms with Gasteiger partial charge in [-0.05, 0) is 70.6 Å². The lowest BCUT2D eigenvalue weighted by atomic mass is 9.93. The summed E-state index contributed by atoms with van der Waals surface area (Å²) >= 11 is 6.33. The first-order chi connectivity index (χ1) is 20.9. The molecule has 0 aliphatic carbocycles. The van der Waals surface area contributed by atoms with Crippen LogP contribution < -0.4 is 24.4 Å². The van der Waals surface area contributed by atoms with Gasteiger partial charge in [0.15, 0.2) is 22.9 Å². The number of benzene rings is 3. The Balaban J connectivity index is 1.77. The van der Waals surface area contributed by atoms with E-state index in [0.29, 0.717) is 42.1 Å². The summed E-state index contributed by atoms with van der Waals surface area (Å²) < 4.78 is 19.1. The number of fused-ring (bicyclic) bond motifs is 1. The van der Waals surface area contributed by atoms with E-state index >= 15 is 0 Å². The van der Waals surface area contributed by atoms with Crippen LogP contribution in [0.15, 0.2) is 91.5 Å². The Kier molecular flexibility index (Phi) is 9.50. The molecule has 0 N–H and O–H groups in total. The molecule has 1 aromatic heterocycles. The molecule has 1 aliphatic rings. The first-order valence-corrected chi connectivity index (χ1v) is 16.0. The van der Waals surface area contributed by atoms with Crippen LogP contribution in [0.5, 0.6) is 11.5 Å². The smallest absolute Gasteiger partial charge is 0.338 e. The van der Waals surface area contributed by atoms with E-state index in [1.54, 1.807) is 41.5 Å². The van der Waals surface area contributed by atoms with Crippen molar-refractivity contribution >= 4 is 56.8 Å². The summed E-state index contributed by atoms with van der Waals surface area (Å²) in [6.45, 7) is 1.79. The molecule has 0 saturated carbocycles. The quantitative estimate of drug-likeness (QED) is 0.175. The van der Waals surface area contributed by atoms with Gasteiger partial charge in [-0.15, -0.1) is 11.8 Å². The van der Waals surface area contributed by atoms with Crippen molar-refractivity contribution < 1.29 is 19.0 Å². The Morgan fingerprint density at radius 3 is 2.58 bits per heavy atom. The third kappa shape index (κ3) is 6.18. The second-order valence-corrected chi connectivity index (χ2v) is 11.9.